The molecular weight excluding hydrogens is 210 g/mol. The molecule has 1 rings (SSSR count). The van der Waals surface area contributed by atoms with Gasteiger partial charge in [-0.3, -0.25) is 0 Å². The molecule has 1 aliphatic carbocycles. The van der Waals surface area contributed by atoms with E-state index in [1.807, 2.05) is 0 Å². The van der Waals surface area contributed by atoms with Crippen molar-refractivity contribution in [2.24, 2.45) is 5.92 Å². The van der Waals surface area contributed by atoms with Crippen LogP contribution in [0.25, 0.3) is 0 Å². The minimum atomic E-state index is -3.50. The lowest BCUT2D eigenvalue weighted by atomic mass is 9.89. The minimum Gasteiger partial charge on any atom is -0.195 e. The fourth-order valence-electron chi connectivity index (χ4n) is 1.82. The summed E-state index contributed by atoms with van der Waals surface area (Å²) in [5.74, 6) is 0.507. The molecule has 0 N–H and O–H groups in total. The monoisotopic (exact) mass is 225 g/mol. The first-order valence-electron chi connectivity index (χ1n) is 4.66. The second-order valence-corrected chi connectivity index (χ2v) is 6.34. The van der Waals surface area contributed by atoms with Crippen molar-refractivity contribution in [3.8, 4) is 0 Å². The van der Waals surface area contributed by atoms with Crippen LogP contribution in [-0.4, -0.2) is 26.3 Å². The summed E-state index contributed by atoms with van der Waals surface area (Å²) >= 11 is 0. The first kappa shape index (κ1) is 11.3. The third-order valence-electron chi connectivity index (χ3n) is 2.61. The van der Waals surface area contributed by atoms with Crippen molar-refractivity contribution in [1.29, 1.82) is 0 Å². The Labute approximate surface area is 84.6 Å². The topological polar surface area (TPSA) is 37.4 Å². The third kappa shape index (κ3) is 3.83. The summed E-state index contributed by atoms with van der Waals surface area (Å²) in [5, 5.41) is 0. The van der Waals surface area contributed by atoms with Crippen LogP contribution in [0, 0.1) is 5.92 Å². The molecule has 0 aromatic rings. The maximum Gasteiger partial charge on any atom is 0.299 e. The predicted molar refractivity (Wildman–Crippen MR) is 54.0 cm³/mol. The van der Waals surface area contributed by atoms with Crippen molar-refractivity contribution in [3.05, 3.63) is 0 Å². The highest BCUT2D eigenvalue weighted by molar-refractivity contribution is 8.11. The van der Waals surface area contributed by atoms with Gasteiger partial charge in [0.05, 0.1) is 0 Å². The van der Waals surface area contributed by atoms with Gasteiger partial charge in [-0.2, -0.15) is 12.7 Å². The van der Waals surface area contributed by atoms with Gasteiger partial charge in [0.15, 0.2) is 0 Å². The molecule has 0 bridgehead atoms. The standard InChI is InChI=1S/C8H16ClNO2S/c1-10(13(9,11)12)7-8-5-3-2-4-6-8/h8H,2-7H2,1H3. The van der Waals surface area contributed by atoms with Crippen LogP contribution < -0.4 is 0 Å². The number of hydrogen-bond donors (Lipinski definition) is 0. The van der Waals surface area contributed by atoms with Crippen molar-refractivity contribution in [3.63, 3.8) is 0 Å². The molecule has 0 unspecified atom stereocenters. The SMILES string of the molecule is CN(CC1CCCCC1)S(=O)(=O)Cl. The molecule has 0 aromatic carbocycles. The lowest BCUT2D eigenvalue weighted by molar-refractivity contribution is 0.302. The predicted octanol–water partition coefficient (Wildman–Crippen LogP) is 1.98. The Balaban J connectivity index is 2.39. The number of nitrogens with zero attached hydrogens (tertiary/aromatic N) is 1. The second kappa shape index (κ2) is 4.62. The molecule has 1 aliphatic rings. The van der Waals surface area contributed by atoms with Crippen molar-refractivity contribution in [2.75, 3.05) is 13.6 Å². The van der Waals surface area contributed by atoms with E-state index in [4.69, 9.17) is 10.7 Å². The van der Waals surface area contributed by atoms with E-state index in [9.17, 15) is 8.42 Å². The second-order valence-electron chi connectivity index (χ2n) is 3.73. The highest BCUT2D eigenvalue weighted by Crippen LogP contribution is 2.25. The Hall–Kier alpha value is 0.200. The Morgan fingerprint density at radius 1 is 1.31 bits per heavy atom. The lowest BCUT2D eigenvalue weighted by Crippen LogP contribution is -2.29. The summed E-state index contributed by atoms with van der Waals surface area (Å²) in [6, 6.07) is 0. The maximum absolute atomic E-state index is 10.9. The van der Waals surface area contributed by atoms with Crippen molar-refractivity contribution >= 4 is 19.9 Å². The van der Waals surface area contributed by atoms with Crippen LogP contribution >= 0.6 is 10.7 Å². The molecule has 78 valence electrons. The molecule has 0 atom stereocenters. The molecule has 0 aromatic heterocycles. The molecule has 13 heavy (non-hydrogen) atoms. The van der Waals surface area contributed by atoms with Gasteiger partial charge in [-0.05, 0) is 18.8 Å². The molecule has 0 heterocycles. The van der Waals surface area contributed by atoms with Crippen LogP contribution in [-0.2, 0) is 9.24 Å². The summed E-state index contributed by atoms with van der Waals surface area (Å²) in [4.78, 5) is 0. The fourth-order valence-corrected chi connectivity index (χ4v) is 2.38. The molecule has 0 radical (unpaired) electrons. The Morgan fingerprint density at radius 3 is 2.31 bits per heavy atom. The third-order valence-corrected chi connectivity index (χ3v) is 4.21. The Kier molecular flexibility index (Phi) is 4.01. The highest BCUT2D eigenvalue weighted by atomic mass is 35.7. The van der Waals surface area contributed by atoms with Gasteiger partial charge >= 0.3 is 0 Å². The van der Waals surface area contributed by atoms with Gasteiger partial charge in [0, 0.05) is 24.3 Å². The van der Waals surface area contributed by atoms with Crippen LogP contribution in [0.15, 0.2) is 0 Å². The molecule has 0 saturated heterocycles. The number of halogens is 1. The summed E-state index contributed by atoms with van der Waals surface area (Å²) in [7, 11) is 3.24. The van der Waals surface area contributed by atoms with Gasteiger partial charge in [0.2, 0.25) is 0 Å². The van der Waals surface area contributed by atoms with Gasteiger partial charge in [0.1, 0.15) is 0 Å². The summed E-state index contributed by atoms with van der Waals surface area (Å²) in [6.45, 7) is 0.575. The molecule has 3 nitrogen and oxygen atoms in total. The zero-order valence-electron chi connectivity index (χ0n) is 7.87. The van der Waals surface area contributed by atoms with Gasteiger partial charge in [-0.25, -0.2) is 0 Å². The van der Waals surface area contributed by atoms with Crippen LogP contribution in [0.1, 0.15) is 32.1 Å². The van der Waals surface area contributed by atoms with Gasteiger partial charge in [-0.15, -0.1) is 0 Å². The van der Waals surface area contributed by atoms with Gasteiger partial charge < -0.3 is 0 Å². The van der Waals surface area contributed by atoms with Gasteiger partial charge in [0.25, 0.3) is 9.24 Å². The fraction of sp³-hybridized carbons (Fsp3) is 1.00. The number of rotatable bonds is 3. The molecule has 5 heteroatoms. The molecule has 1 fully saturated rings. The van der Waals surface area contributed by atoms with Crippen LogP contribution in [0.2, 0.25) is 0 Å². The van der Waals surface area contributed by atoms with Crippen molar-refractivity contribution in [1.82, 2.24) is 4.31 Å². The normalized spacial score (nSPS) is 20.8. The van der Waals surface area contributed by atoms with Crippen molar-refractivity contribution in [2.45, 2.75) is 32.1 Å². The summed E-state index contributed by atoms with van der Waals surface area (Å²) < 4.78 is 23.0. The highest BCUT2D eigenvalue weighted by Gasteiger charge is 2.20. The summed E-state index contributed by atoms with van der Waals surface area (Å²) in [6.07, 6.45) is 6.00. The van der Waals surface area contributed by atoms with Crippen molar-refractivity contribution < 1.29 is 8.42 Å². The average molecular weight is 226 g/mol. The van der Waals surface area contributed by atoms with E-state index in [0.717, 1.165) is 12.8 Å². The molecule has 0 amide bonds. The Bertz CT molecular complexity index is 247. The van der Waals surface area contributed by atoms with Crippen LogP contribution in [0.5, 0.6) is 0 Å². The first-order chi connectivity index (χ1) is 6.00. The van der Waals surface area contributed by atoms with Gasteiger partial charge in [-0.1, -0.05) is 19.3 Å². The van der Waals surface area contributed by atoms with E-state index in [2.05, 4.69) is 0 Å². The zero-order chi connectivity index (χ0) is 9.90. The van der Waals surface area contributed by atoms with E-state index >= 15 is 0 Å². The molecule has 0 spiro atoms. The number of hydrogen-bond acceptors (Lipinski definition) is 2. The quantitative estimate of drug-likeness (QED) is 0.689. The minimum absolute atomic E-state index is 0.507. The smallest absolute Gasteiger partial charge is 0.195 e. The van der Waals surface area contributed by atoms with E-state index < -0.39 is 9.24 Å². The zero-order valence-corrected chi connectivity index (χ0v) is 9.44. The van der Waals surface area contributed by atoms with Crippen LogP contribution in [0.3, 0.4) is 0 Å². The first-order valence-corrected chi connectivity index (χ1v) is 6.92. The Morgan fingerprint density at radius 2 is 1.85 bits per heavy atom. The van der Waals surface area contributed by atoms with E-state index in [0.29, 0.717) is 12.5 Å². The molecule has 0 aliphatic heterocycles. The lowest BCUT2D eigenvalue weighted by Gasteiger charge is -2.24. The average Bonchev–Trinajstić information content (AvgIpc) is 2.04. The van der Waals surface area contributed by atoms with Crippen LogP contribution in [0.4, 0.5) is 0 Å². The molecule has 1 saturated carbocycles. The largest absolute Gasteiger partial charge is 0.299 e. The molecular formula is C8H16ClNO2S. The van der Waals surface area contributed by atoms with E-state index in [1.165, 1.54) is 30.6 Å². The maximum atomic E-state index is 10.9. The summed E-state index contributed by atoms with van der Waals surface area (Å²) in [5.41, 5.74) is 0. The van der Waals surface area contributed by atoms with E-state index in [1.54, 1.807) is 0 Å². The van der Waals surface area contributed by atoms with E-state index in [-0.39, 0.29) is 0 Å².